The van der Waals surface area contributed by atoms with Gasteiger partial charge in [-0.15, -0.1) is 0 Å². The van der Waals surface area contributed by atoms with Crippen molar-refractivity contribution in [2.75, 3.05) is 47.3 Å². The quantitative estimate of drug-likeness (QED) is 0.766. The van der Waals surface area contributed by atoms with E-state index in [0.717, 1.165) is 6.54 Å². The lowest BCUT2D eigenvalue weighted by molar-refractivity contribution is 0.153. The van der Waals surface area contributed by atoms with Gasteiger partial charge < -0.3 is 15.1 Å². The summed E-state index contributed by atoms with van der Waals surface area (Å²) in [6.45, 7) is 11.5. The van der Waals surface area contributed by atoms with Crippen LogP contribution in [0.3, 0.4) is 0 Å². The lowest BCUT2D eigenvalue weighted by atomic mass is 9.84. The maximum atomic E-state index is 3.74. The van der Waals surface area contributed by atoms with Gasteiger partial charge in [-0.3, -0.25) is 0 Å². The average molecular weight is 269 g/mol. The fraction of sp³-hybridized carbons (Fsp3) is 1.00. The molecule has 0 unspecified atom stereocenters. The van der Waals surface area contributed by atoms with E-state index in [-0.39, 0.29) is 5.54 Å². The molecule has 3 nitrogen and oxygen atoms in total. The van der Waals surface area contributed by atoms with E-state index in [1.54, 1.807) is 0 Å². The summed E-state index contributed by atoms with van der Waals surface area (Å²) in [5.74, 6) is 0. The molecule has 0 amide bonds. The number of nitrogens with one attached hydrogen (secondary N) is 1. The van der Waals surface area contributed by atoms with Crippen LogP contribution in [0.2, 0.25) is 0 Å². The van der Waals surface area contributed by atoms with E-state index >= 15 is 0 Å². The molecule has 0 aromatic heterocycles. The Balaban J connectivity index is 2.47. The minimum Gasteiger partial charge on any atom is -0.311 e. The summed E-state index contributed by atoms with van der Waals surface area (Å²) in [4.78, 5) is 4.79. The van der Waals surface area contributed by atoms with Gasteiger partial charge in [-0.25, -0.2) is 0 Å². The molecule has 1 N–H and O–H groups in total. The van der Waals surface area contributed by atoms with Gasteiger partial charge in [0.15, 0.2) is 0 Å². The van der Waals surface area contributed by atoms with Crippen molar-refractivity contribution in [2.24, 2.45) is 5.41 Å². The smallest absolute Gasteiger partial charge is 0.0106 e. The van der Waals surface area contributed by atoms with E-state index in [1.165, 1.54) is 45.3 Å². The van der Waals surface area contributed by atoms with E-state index in [9.17, 15) is 0 Å². The molecule has 0 aromatic carbocycles. The third-order valence-electron chi connectivity index (χ3n) is 4.19. The first-order chi connectivity index (χ1) is 8.72. The lowest BCUT2D eigenvalue weighted by Crippen LogP contribution is -2.47. The molecule has 1 rings (SSSR count). The van der Waals surface area contributed by atoms with E-state index in [0.29, 0.717) is 5.41 Å². The number of rotatable bonds is 7. The Morgan fingerprint density at radius 3 is 2.05 bits per heavy atom. The highest BCUT2D eigenvalue weighted by Gasteiger charge is 2.35. The zero-order valence-corrected chi connectivity index (χ0v) is 14.1. The van der Waals surface area contributed by atoms with Crippen molar-refractivity contribution in [2.45, 2.75) is 52.0 Å². The summed E-state index contributed by atoms with van der Waals surface area (Å²) in [6, 6.07) is 0. The predicted molar refractivity (Wildman–Crippen MR) is 84.7 cm³/mol. The van der Waals surface area contributed by atoms with Gasteiger partial charge in [0.1, 0.15) is 0 Å². The second-order valence-corrected chi connectivity index (χ2v) is 7.85. The van der Waals surface area contributed by atoms with E-state index < -0.39 is 0 Å². The van der Waals surface area contributed by atoms with Crippen LogP contribution in [0.1, 0.15) is 46.5 Å². The monoisotopic (exact) mass is 269 g/mol. The fourth-order valence-electron chi connectivity index (χ4n) is 2.99. The third kappa shape index (κ3) is 6.73. The van der Waals surface area contributed by atoms with Crippen LogP contribution in [0.5, 0.6) is 0 Å². The van der Waals surface area contributed by atoms with Crippen LogP contribution in [0.4, 0.5) is 0 Å². The van der Waals surface area contributed by atoms with Gasteiger partial charge in [-0.05, 0) is 60.2 Å². The van der Waals surface area contributed by atoms with Crippen LogP contribution in [0.25, 0.3) is 0 Å². The highest BCUT2D eigenvalue weighted by atomic mass is 15.2. The molecule has 1 fully saturated rings. The van der Waals surface area contributed by atoms with Gasteiger partial charge in [0, 0.05) is 31.7 Å². The molecule has 0 saturated heterocycles. The SMILES string of the molecule is CN(C)CCN(C)CC1(CNC(C)(C)C)CCCC1. The van der Waals surface area contributed by atoms with Crippen LogP contribution >= 0.6 is 0 Å². The normalized spacial score (nSPS) is 19.6. The van der Waals surface area contributed by atoms with E-state index in [1.807, 2.05) is 0 Å². The van der Waals surface area contributed by atoms with Crippen LogP contribution in [-0.4, -0.2) is 62.7 Å². The first-order valence-electron chi connectivity index (χ1n) is 7.81. The van der Waals surface area contributed by atoms with Gasteiger partial charge in [0.2, 0.25) is 0 Å². The highest BCUT2D eigenvalue weighted by molar-refractivity contribution is 4.91. The molecule has 0 aromatic rings. The maximum Gasteiger partial charge on any atom is 0.0106 e. The van der Waals surface area contributed by atoms with Gasteiger partial charge in [0.25, 0.3) is 0 Å². The van der Waals surface area contributed by atoms with Crippen molar-refractivity contribution < 1.29 is 0 Å². The van der Waals surface area contributed by atoms with Crippen LogP contribution in [0.15, 0.2) is 0 Å². The summed E-state index contributed by atoms with van der Waals surface area (Å²) in [5, 5.41) is 3.74. The van der Waals surface area contributed by atoms with Crippen molar-refractivity contribution in [3.63, 3.8) is 0 Å². The highest BCUT2D eigenvalue weighted by Crippen LogP contribution is 2.38. The first-order valence-corrected chi connectivity index (χ1v) is 7.81. The molecule has 1 aliphatic rings. The van der Waals surface area contributed by atoms with E-state index in [2.05, 4.69) is 57.0 Å². The molecule has 1 aliphatic carbocycles. The summed E-state index contributed by atoms with van der Waals surface area (Å²) >= 11 is 0. The van der Waals surface area contributed by atoms with Gasteiger partial charge in [0.05, 0.1) is 0 Å². The van der Waals surface area contributed by atoms with Crippen molar-refractivity contribution in [3.8, 4) is 0 Å². The molecule has 0 radical (unpaired) electrons. The Hall–Kier alpha value is -0.120. The van der Waals surface area contributed by atoms with Crippen molar-refractivity contribution in [1.29, 1.82) is 0 Å². The van der Waals surface area contributed by atoms with Crippen LogP contribution < -0.4 is 5.32 Å². The minimum atomic E-state index is 0.234. The Morgan fingerprint density at radius 1 is 1.00 bits per heavy atom. The molecule has 1 saturated carbocycles. The van der Waals surface area contributed by atoms with Crippen LogP contribution in [0, 0.1) is 5.41 Å². The van der Waals surface area contributed by atoms with Crippen molar-refractivity contribution in [3.05, 3.63) is 0 Å². The molecule has 0 bridgehead atoms. The van der Waals surface area contributed by atoms with E-state index in [4.69, 9.17) is 0 Å². The van der Waals surface area contributed by atoms with Crippen LogP contribution in [-0.2, 0) is 0 Å². The largest absolute Gasteiger partial charge is 0.311 e. The standard InChI is InChI=1S/C16H35N3/c1-15(2,3)17-13-16(9-7-8-10-16)14-19(6)12-11-18(4)5/h17H,7-14H2,1-6H3. The lowest BCUT2D eigenvalue weighted by Gasteiger charge is -2.37. The van der Waals surface area contributed by atoms with Gasteiger partial charge >= 0.3 is 0 Å². The third-order valence-corrected chi connectivity index (χ3v) is 4.19. The zero-order valence-electron chi connectivity index (χ0n) is 14.1. The molecular formula is C16H35N3. The summed E-state index contributed by atoms with van der Waals surface area (Å²) < 4.78 is 0. The van der Waals surface area contributed by atoms with Crippen molar-refractivity contribution in [1.82, 2.24) is 15.1 Å². The number of hydrogen-bond acceptors (Lipinski definition) is 3. The zero-order chi connectivity index (χ0) is 14.5. The molecule has 114 valence electrons. The Kier molecular flexibility index (Phi) is 6.28. The van der Waals surface area contributed by atoms with Gasteiger partial charge in [-0.2, -0.15) is 0 Å². The van der Waals surface area contributed by atoms with Gasteiger partial charge in [-0.1, -0.05) is 12.8 Å². The predicted octanol–water partition coefficient (Wildman–Crippen LogP) is 2.43. The first kappa shape index (κ1) is 16.9. The molecule has 0 heterocycles. The molecule has 0 aliphatic heterocycles. The average Bonchev–Trinajstić information content (AvgIpc) is 2.72. The van der Waals surface area contributed by atoms with Crippen molar-refractivity contribution >= 4 is 0 Å². The second-order valence-electron chi connectivity index (χ2n) is 7.85. The molecule has 0 atom stereocenters. The summed E-state index contributed by atoms with van der Waals surface area (Å²) in [5.41, 5.74) is 0.742. The Bertz CT molecular complexity index is 249. The number of nitrogens with zero attached hydrogens (tertiary/aromatic N) is 2. The Labute approximate surface area is 120 Å². The molecular weight excluding hydrogens is 234 g/mol. The fourth-order valence-corrected chi connectivity index (χ4v) is 2.99. The Morgan fingerprint density at radius 2 is 1.58 bits per heavy atom. The molecule has 19 heavy (non-hydrogen) atoms. The summed E-state index contributed by atoms with van der Waals surface area (Å²) in [7, 11) is 6.58. The minimum absolute atomic E-state index is 0.234. The number of likely N-dealkylation sites (N-methyl/N-ethyl adjacent to an activating group) is 2. The summed E-state index contributed by atoms with van der Waals surface area (Å²) in [6.07, 6.45) is 5.60. The number of hydrogen-bond donors (Lipinski definition) is 1. The second kappa shape index (κ2) is 7.05. The topological polar surface area (TPSA) is 18.5 Å². The molecule has 0 spiro atoms. The maximum absolute atomic E-state index is 3.74. The molecule has 3 heteroatoms.